The van der Waals surface area contributed by atoms with Gasteiger partial charge in [-0.25, -0.2) is 4.79 Å². The summed E-state index contributed by atoms with van der Waals surface area (Å²) >= 11 is 0.956. The van der Waals surface area contributed by atoms with Gasteiger partial charge in [0.1, 0.15) is 11.5 Å². The van der Waals surface area contributed by atoms with Crippen LogP contribution in [0.2, 0.25) is 0 Å². The first-order chi connectivity index (χ1) is 14.4. The summed E-state index contributed by atoms with van der Waals surface area (Å²) in [6, 6.07) is 24.2. The van der Waals surface area contributed by atoms with Crippen molar-refractivity contribution in [3.63, 3.8) is 0 Å². The van der Waals surface area contributed by atoms with Crippen molar-refractivity contribution in [3.8, 4) is 0 Å². The van der Waals surface area contributed by atoms with Crippen LogP contribution in [0.5, 0.6) is 0 Å². The predicted octanol–water partition coefficient (Wildman–Crippen LogP) is 4.55. The van der Waals surface area contributed by atoms with Crippen LogP contribution >= 0.6 is 11.8 Å². The first-order valence-corrected chi connectivity index (χ1v) is 11.2. The third kappa shape index (κ3) is 6.20. The second kappa shape index (κ2) is 10.1. The number of carbonyl (C=O) groups excluding carboxylic acids is 1. The molecule has 0 amide bonds. The Labute approximate surface area is 179 Å². The molecular formula is C22H19NO5S2. The number of ether oxygens (including phenoxy) is 1. The van der Waals surface area contributed by atoms with Crippen LogP contribution in [0.3, 0.4) is 0 Å². The molecule has 0 aliphatic carbocycles. The fraction of sp³-hybridized carbons (Fsp3) is 0.0909. The van der Waals surface area contributed by atoms with E-state index in [2.05, 4.69) is 5.16 Å². The van der Waals surface area contributed by atoms with Crippen molar-refractivity contribution in [3.05, 3.63) is 96.1 Å². The Bertz CT molecular complexity index is 1110. The van der Waals surface area contributed by atoms with E-state index in [0.717, 1.165) is 22.9 Å². The Hall–Kier alpha value is -3.10. The van der Waals surface area contributed by atoms with Gasteiger partial charge in [-0.15, -0.1) is 0 Å². The molecule has 3 aromatic carbocycles. The van der Waals surface area contributed by atoms with Crippen molar-refractivity contribution < 1.29 is 22.2 Å². The van der Waals surface area contributed by atoms with E-state index in [9.17, 15) is 13.2 Å². The van der Waals surface area contributed by atoms with Gasteiger partial charge in [0.25, 0.3) is 0 Å². The van der Waals surface area contributed by atoms with Crippen molar-refractivity contribution in [1.29, 1.82) is 0 Å². The monoisotopic (exact) mass is 441 g/mol. The molecule has 0 radical (unpaired) electrons. The molecule has 154 valence electrons. The fourth-order valence-electron chi connectivity index (χ4n) is 2.31. The van der Waals surface area contributed by atoms with Gasteiger partial charge in [0, 0.05) is 4.90 Å². The zero-order chi connectivity index (χ0) is 21.4. The van der Waals surface area contributed by atoms with Crippen LogP contribution in [-0.2, 0) is 30.5 Å². The summed E-state index contributed by atoms with van der Waals surface area (Å²) in [6.45, 7) is 1.87. The molecule has 0 aromatic heterocycles. The smallest absolute Gasteiger partial charge is 0.367 e. The molecule has 0 atom stereocenters. The van der Waals surface area contributed by atoms with Crippen molar-refractivity contribution in [2.75, 3.05) is 0 Å². The molecular weight excluding hydrogens is 422 g/mol. The highest BCUT2D eigenvalue weighted by atomic mass is 32.2. The number of hydrogen-bond acceptors (Lipinski definition) is 7. The SMILES string of the molecule is Cc1ccc(S(=O)(=O)ON=C(Sc2ccccc2)C(=O)OCc2ccccc2)cc1. The van der Waals surface area contributed by atoms with E-state index in [1.54, 1.807) is 36.4 Å². The number of thioether (sulfide) groups is 1. The maximum atomic E-state index is 12.6. The number of carbonyl (C=O) groups is 1. The maximum absolute atomic E-state index is 12.6. The molecule has 0 aliphatic heterocycles. The molecule has 0 saturated carbocycles. The number of aryl methyl sites for hydroxylation is 1. The second-order valence-electron chi connectivity index (χ2n) is 6.21. The number of esters is 1. The zero-order valence-electron chi connectivity index (χ0n) is 16.1. The minimum atomic E-state index is -4.17. The van der Waals surface area contributed by atoms with Gasteiger partial charge >= 0.3 is 16.1 Å². The molecule has 0 heterocycles. The van der Waals surface area contributed by atoms with Gasteiger partial charge in [-0.2, -0.15) is 8.42 Å². The minimum Gasteiger partial charge on any atom is -0.456 e. The largest absolute Gasteiger partial charge is 0.456 e. The molecule has 8 heteroatoms. The Morgan fingerprint density at radius 1 is 0.900 bits per heavy atom. The molecule has 0 saturated heterocycles. The van der Waals surface area contributed by atoms with Crippen molar-refractivity contribution >= 4 is 32.9 Å². The molecule has 0 spiro atoms. The van der Waals surface area contributed by atoms with E-state index in [-0.39, 0.29) is 16.5 Å². The van der Waals surface area contributed by atoms with E-state index >= 15 is 0 Å². The van der Waals surface area contributed by atoms with E-state index in [4.69, 9.17) is 9.02 Å². The predicted molar refractivity (Wildman–Crippen MR) is 115 cm³/mol. The van der Waals surface area contributed by atoms with Gasteiger partial charge < -0.3 is 4.74 Å². The van der Waals surface area contributed by atoms with E-state index in [1.165, 1.54) is 12.1 Å². The third-order valence-corrected chi connectivity index (χ3v) is 5.94. The van der Waals surface area contributed by atoms with Gasteiger partial charge in [0.2, 0.25) is 5.04 Å². The standard InChI is InChI=1S/C22H19NO5S2/c1-17-12-14-20(15-13-17)30(25,26)28-23-21(29-19-10-6-3-7-11-19)22(24)27-16-18-8-4-2-5-9-18/h2-15H,16H2,1H3. The van der Waals surface area contributed by atoms with E-state index in [1.807, 2.05) is 43.3 Å². The van der Waals surface area contributed by atoms with Gasteiger partial charge in [0.15, 0.2) is 0 Å². The van der Waals surface area contributed by atoms with E-state index < -0.39 is 16.1 Å². The summed E-state index contributed by atoms with van der Waals surface area (Å²) < 4.78 is 34.9. The summed E-state index contributed by atoms with van der Waals surface area (Å²) in [4.78, 5) is 13.2. The van der Waals surface area contributed by atoms with Crippen LogP contribution in [0.1, 0.15) is 11.1 Å². The Kier molecular flexibility index (Phi) is 7.26. The number of hydrogen-bond donors (Lipinski definition) is 0. The van der Waals surface area contributed by atoms with Crippen molar-refractivity contribution in [2.45, 2.75) is 23.3 Å². The van der Waals surface area contributed by atoms with Crippen LogP contribution in [0.4, 0.5) is 0 Å². The average molecular weight is 442 g/mol. The summed E-state index contributed by atoms with van der Waals surface area (Å²) in [7, 11) is -4.17. The number of nitrogens with zero attached hydrogens (tertiary/aromatic N) is 1. The Morgan fingerprint density at radius 2 is 1.50 bits per heavy atom. The molecule has 0 aliphatic rings. The topological polar surface area (TPSA) is 82.0 Å². The quantitative estimate of drug-likeness (QED) is 0.184. The molecule has 3 aromatic rings. The highest BCUT2D eigenvalue weighted by Crippen LogP contribution is 2.22. The lowest BCUT2D eigenvalue weighted by molar-refractivity contribution is -0.136. The molecule has 0 bridgehead atoms. The molecule has 0 unspecified atom stereocenters. The number of oxime groups is 1. The average Bonchev–Trinajstić information content (AvgIpc) is 2.76. The molecule has 3 rings (SSSR count). The number of benzene rings is 3. The third-order valence-electron chi connectivity index (χ3n) is 3.87. The van der Waals surface area contributed by atoms with Crippen LogP contribution < -0.4 is 0 Å². The molecule has 0 fully saturated rings. The lowest BCUT2D eigenvalue weighted by Crippen LogP contribution is -2.16. The lowest BCUT2D eigenvalue weighted by Gasteiger charge is -2.08. The summed E-state index contributed by atoms with van der Waals surface area (Å²) in [5.41, 5.74) is 1.70. The molecule has 0 N–H and O–H groups in total. The first kappa shape index (κ1) is 21.6. The molecule has 6 nitrogen and oxygen atoms in total. The summed E-state index contributed by atoms with van der Waals surface area (Å²) in [5.74, 6) is -0.785. The Morgan fingerprint density at radius 3 is 2.13 bits per heavy atom. The van der Waals surface area contributed by atoms with Crippen LogP contribution in [0, 0.1) is 6.92 Å². The fourth-order valence-corrected chi connectivity index (χ4v) is 3.82. The van der Waals surface area contributed by atoms with Crippen LogP contribution in [0.15, 0.2) is 99.9 Å². The first-order valence-electron chi connectivity index (χ1n) is 8.96. The minimum absolute atomic E-state index is 0.0265. The normalized spacial score (nSPS) is 11.7. The van der Waals surface area contributed by atoms with Crippen molar-refractivity contribution in [2.24, 2.45) is 5.16 Å². The maximum Gasteiger partial charge on any atom is 0.367 e. The Balaban J connectivity index is 1.79. The highest BCUT2D eigenvalue weighted by Gasteiger charge is 2.21. The van der Waals surface area contributed by atoms with E-state index in [0.29, 0.717) is 4.90 Å². The lowest BCUT2D eigenvalue weighted by atomic mass is 10.2. The van der Waals surface area contributed by atoms with Gasteiger partial charge in [-0.1, -0.05) is 83.1 Å². The highest BCUT2D eigenvalue weighted by molar-refractivity contribution is 8.15. The summed E-state index contributed by atoms with van der Waals surface area (Å²) in [6.07, 6.45) is 0. The molecule has 30 heavy (non-hydrogen) atoms. The zero-order valence-corrected chi connectivity index (χ0v) is 17.7. The van der Waals surface area contributed by atoms with Gasteiger partial charge in [0.05, 0.1) is 0 Å². The van der Waals surface area contributed by atoms with Crippen LogP contribution in [0.25, 0.3) is 0 Å². The summed E-state index contributed by atoms with van der Waals surface area (Å²) in [5, 5.41) is 3.39. The van der Waals surface area contributed by atoms with Gasteiger partial charge in [-0.05, 0) is 36.8 Å². The number of rotatable bonds is 6. The van der Waals surface area contributed by atoms with Crippen LogP contribution in [-0.4, -0.2) is 19.4 Å². The second-order valence-corrected chi connectivity index (χ2v) is 8.81. The van der Waals surface area contributed by atoms with Gasteiger partial charge in [-0.3, -0.25) is 4.28 Å². The van der Waals surface area contributed by atoms with Crippen molar-refractivity contribution in [1.82, 2.24) is 0 Å².